The fourth-order valence-corrected chi connectivity index (χ4v) is 3.56. The van der Waals surface area contributed by atoms with Gasteiger partial charge in [-0.05, 0) is 43.5 Å². The Morgan fingerprint density at radius 2 is 1.76 bits per heavy atom. The molecule has 0 atom stereocenters. The highest BCUT2D eigenvalue weighted by Crippen LogP contribution is 2.29. The van der Waals surface area contributed by atoms with Crippen LogP contribution in [0.15, 0.2) is 60.9 Å². The summed E-state index contributed by atoms with van der Waals surface area (Å²) in [5.74, 6) is 1.45. The van der Waals surface area contributed by atoms with E-state index in [4.69, 9.17) is 4.74 Å². The van der Waals surface area contributed by atoms with Gasteiger partial charge in [0.25, 0.3) is 5.91 Å². The lowest BCUT2D eigenvalue weighted by Crippen LogP contribution is -2.30. The molecule has 3 aromatic rings. The first kappa shape index (κ1) is 18.9. The first-order chi connectivity index (χ1) is 14.2. The number of ether oxygens (including phenoxy) is 1. The number of aromatic nitrogens is 2. The number of nitrogens with zero attached hydrogens (tertiary/aromatic N) is 3. The highest BCUT2D eigenvalue weighted by Gasteiger charge is 2.18. The first-order valence-electron chi connectivity index (χ1n) is 9.86. The highest BCUT2D eigenvalue weighted by atomic mass is 16.5. The molecule has 0 aliphatic carbocycles. The molecule has 1 amide bonds. The van der Waals surface area contributed by atoms with Crippen LogP contribution in [0.1, 0.15) is 29.6 Å². The predicted octanol–water partition coefficient (Wildman–Crippen LogP) is 4.39. The van der Waals surface area contributed by atoms with Crippen LogP contribution in [-0.2, 0) is 0 Å². The molecule has 2 aromatic carbocycles. The summed E-state index contributed by atoms with van der Waals surface area (Å²) in [7, 11) is 1.60. The van der Waals surface area contributed by atoms with Crippen LogP contribution in [0.3, 0.4) is 0 Å². The number of benzene rings is 2. The number of amides is 1. The summed E-state index contributed by atoms with van der Waals surface area (Å²) in [6.45, 7) is 2.01. The van der Waals surface area contributed by atoms with Crippen molar-refractivity contribution in [1.82, 2.24) is 9.97 Å². The SMILES string of the molecule is COc1cccc(NC(=O)c2ccc(-c3nccnc3N3CCCCC3)cc2)c1. The number of rotatable bonds is 5. The van der Waals surface area contributed by atoms with E-state index in [2.05, 4.69) is 20.2 Å². The van der Waals surface area contributed by atoms with Gasteiger partial charge in [0.1, 0.15) is 11.4 Å². The molecule has 6 heteroatoms. The molecule has 148 valence electrons. The quantitative estimate of drug-likeness (QED) is 0.702. The van der Waals surface area contributed by atoms with E-state index in [9.17, 15) is 4.79 Å². The summed E-state index contributed by atoms with van der Waals surface area (Å²) in [6, 6.07) is 14.8. The van der Waals surface area contributed by atoms with Crippen molar-refractivity contribution in [3.8, 4) is 17.0 Å². The Hall–Kier alpha value is -3.41. The summed E-state index contributed by atoms with van der Waals surface area (Å²) < 4.78 is 5.20. The molecule has 2 heterocycles. The van der Waals surface area contributed by atoms with Crippen LogP contribution in [0.2, 0.25) is 0 Å². The third-order valence-electron chi connectivity index (χ3n) is 5.08. The molecule has 0 saturated carbocycles. The normalized spacial score (nSPS) is 13.8. The summed E-state index contributed by atoms with van der Waals surface area (Å²) in [5, 5.41) is 2.90. The van der Waals surface area contributed by atoms with Crippen LogP contribution in [-0.4, -0.2) is 36.1 Å². The Bertz CT molecular complexity index is 982. The molecular formula is C23H24N4O2. The number of hydrogen-bond acceptors (Lipinski definition) is 5. The fraction of sp³-hybridized carbons (Fsp3) is 0.261. The number of hydrogen-bond donors (Lipinski definition) is 1. The zero-order chi connectivity index (χ0) is 20.1. The molecule has 4 rings (SSSR count). The van der Waals surface area contributed by atoms with Crippen molar-refractivity contribution in [2.45, 2.75) is 19.3 Å². The third-order valence-corrected chi connectivity index (χ3v) is 5.08. The standard InChI is InChI=1S/C23H24N4O2/c1-29-20-7-5-6-19(16-20)26-23(28)18-10-8-17(9-11-18)21-22(25-13-12-24-21)27-14-3-2-4-15-27/h5-13,16H,2-4,14-15H2,1H3,(H,26,28). The maximum Gasteiger partial charge on any atom is 0.255 e. The monoisotopic (exact) mass is 388 g/mol. The van der Waals surface area contributed by atoms with Crippen molar-refractivity contribution in [3.05, 3.63) is 66.5 Å². The van der Waals surface area contributed by atoms with Crippen LogP contribution in [0.5, 0.6) is 5.75 Å². The second-order valence-corrected chi connectivity index (χ2v) is 7.04. The van der Waals surface area contributed by atoms with E-state index in [0.29, 0.717) is 17.0 Å². The van der Waals surface area contributed by atoms with E-state index in [-0.39, 0.29) is 5.91 Å². The molecule has 1 saturated heterocycles. The van der Waals surface area contributed by atoms with Crippen LogP contribution in [0.4, 0.5) is 11.5 Å². The van der Waals surface area contributed by atoms with Crippen LogP contribution < -0.4 is 15.0 Å². The highest BCUT2D eigenvalue weighted by molar-refractivity contribution is 6.04. The van der Waals surface area contributed by atoms with Crippen LogP contribution in [0.25, 0.3) is 11.3 Å². The number of carbonyl (C=O) groups is 1. The number of anilines is 2. The van der Waals surface area contributed by atoms with Crippen molar-refractivity contribution in [2.75, 3.05) is 30.4 Å². The van der Waals surface area contributed by atoms with Crippen molar-refractivity contribution in [2.24, 2.45) is 0 Å². The molecule has 0 radical (unpaired) electrons. The van der Waals surface area contributed by atoms with E-state index in [1.807, 2.05) is 42.5 Å². The molecule has 1 N–H and O–H groups in total. The van der Waals surface area contributed by atoms with E-state index < -0.39 is 0 Å². The minimum absolute atomic E-state index is 0.166. The molecule has 1 fully saturated rings. The van der Waals surface area contributed by atoms with Crippen molar-refractivity contribution >= 4 is 17.4 Å². The molecule has 29 heavy (non-hydrogen) atoms. The lowest BCUT2D eigenvalue weighted by molar-refractivity contribution is 0.102. The van der Waals surface area contributed by atoms with Crippen molar-refractivity contribution in [3.63, 3.8) is 0 Å². The van der Waals surface area contributed by atoms with Gasteiger partial charge in [0.15, 0.2) is 5.82 Å². The molecule has 0 bridgehead atoms. The zero-order valence-corrected chi connectivity index (χ0v) is 16.5. The minimum Gasteiger partial charge on any atom is -0.497 e. The van der Waals surface area contributed by atoms with Crippen molar-refractivity contribution < 1.29 is 9.53 Å². The van der Waals surface area contributed by atoms with Gasteiger partial charge in [-0.3, -0.25) is 9.78 Å². The van der Waals surface area contributed by atoms with Crippen LogP contribution in [0, 0.1) is 0 Å². The van der Waals surface area contributed by atoms with E-state index in [0.717, 1.165) is 30.2 Å². The molecule has 1 aliphatic heterocycles. The van der Waals surface area contributed by atoms with Crippen molar-refractivity contribution in [1.29, 1.82) is 0 Å². The maximum atomic E-state index is 12.6. The van der Waals surface area contributed by atoms with Gasteiger partial charge in [0, 0.05) is 48.4 Å². The minimum atomic E-state index is -0.166. The summed E-state index contributed by atoms with van der Waals surface area (Å²) in [5.41, 5.74) is 3.09. The predicted molar refractivity (Wildman–Crippen MR) is 114 cm³/mol. The van der Waals surface area contributed by atoms with Gasteiger partial charge >= 0.3 is 0 Å². The van der Waals surface area contributed by atoms with Gasteiger partial charge in [0.2, 0.25) is 0 Å². The topological polar surface area (TPSA) is 67.3 Å². The second-order valence-electron chi connectivity index (χ2n) is 7.04. The van der Waals surface area contributed by atoms with Gasteiger partial charge in [0.05, 0.1) is 7.11 Å². The summed E-state index contributed by atoms with van der Waals surface area (Å²) in [4.78, 5) is 24.0. The van der Waals surface area contributed by atoms with E-state index >= 15 is 0 Å². The Labute approximate surface area is 170 Å². The average Bonchev–Trinajstić information content (AvgIpc) is 2.80. The molecule has 0 spiro atoms. The average molecular weight is 388 g/mol. The maximum absolute atomic E-state index is 12.6. The molecule has 1 aliphatic rings. The second kappa shape index (κ2) is 8.73. The number of nitrogens with one attached hydrogen (secondary N) is 1. The van der Waals surface area contributed by atoms with E-state index in [1.54, 1.807) is 25.6 Å². The van der Waals surface area contributed by atoms with Gasteiger partial charge in [-0.2, -0.15) is 0 Å². The van der Waals surface area contributed by atoms with Gasteiger partial charge < -0.3 is 15.0 Å². The smallest absolute Gasteiger partial charge is 0.255 e. The molecule has 6 nitrogen and oxygen atoms in total. The van der Waals surface area contributed by atoms with Gasteiger partial charge in [-0.25, -0.2) is 4.98 Å². The molecular weight excluding hydrogens is 364 g/mol. The molecule has 0 unspecified atom stereocenters. The fourth-order valence-electron chi connectivity index (χ4n) is 3.56. The molecule has 1 aromatic heterocycles. The van der Waals surface area contributed by atoms with Crippen LogP contribution >= 0.6 is 0 Å². The first-order valence-corrected chi connectivity index (χ1v) is 9.86. The number of carbonyl (C=O) groups excluding carboxylic acids is 1. The summed E-state index contributed by atoms with van der Waals surface area (Å²) >= 11 is 0. The lowest BCUT2D eigenvalue weighted by atomic mass is 10.1. The Morgan fingerprint density at radius 1 is 1.00 bits per heavy atom. The number of methoxy groups -OCH3 is 1. The zero-order valence-electron chi connectivity index (χ0n) is 16.5. The lowest BCUT2D eigenvalue weighted by Gasteiger charge is -2.28. The van der Waals surface area contributed by atoms with Gasteiger partial charge in [-0.1, -0.05) is 18.2 Å². The third kappa shape index (κ3) is 4.37. The number of piperidine rings is 1. The van der Waals surface area contributed by atoms with E-state index in [1.165, 1.54) is 19.3 Å². The van der Waals surface area contributed by atoms with Gasteiger partial charge in [-0.15, -0.1) is 0 Å². The summed E-state index contributed by atoms with van der Waals surface area (Å²) in [6.07, 6.45) is 7.08. The Balaban J connectivity index is 1.53. The Kier molecular flexibility index (Phi) is 5.70. The largest absolute Gasteiger partial charge is 0.497 e. The Morgan fingerprint density at radius 3 is 2.52 bits per heavy atom.